The highest BCUT2D eigenvalue weighted by Gasteiger charge is 2.30. The molecule has 4 nitrogen and oxygen atoms in total. The SMILES string of the molecule is Cc1ccc(C(=O)Nc2ccc(N3CCNCC3)cc2)c(-c2ccc(C(F)(F)F)cc2)c1. The number of alkyl halides is 3. The number of piperazine rings is 1. The number of hydrogen-bond donors (Lipinski definition) is 2. The Hall–Kier alpha value is -3.32. The molecule has 166 valence electrons. The van der Waals surface area contributed by atoms with Gasteiger partial charge in [0.25, 0.3) is 5.91 Å². The minimum atomic E-state index is -4.40. The Morgan fingerprint density at radius 1 is 0.938 bits per heavy atom. The molecule has 0 bridgehead atoms. The van der Waals surface area contributed by atoms with E-state index in [2.05, 4.69) is 15.5 Å². The third-order valence-corrected chi connectivity index (χ3v) is 5.55. The lowest BCUT2D eigenvalue weighted by Gasteiger charge is -2.29. The summed E-state index contributed by atoms with van der Waals surface area (Å²) >= 11 is 0. The van der Waals surface area contributed by atoms with Crippen molar-refractivity contribution in [3.8, 4) is 11.1 Å². The molecule has 1 aliphatic rings. The maximum atomic E-state index is 13.0. The van der Waals surface area contributed by atoms with Gasteiger partial charge in [0, 0.05) is 43.1 Å². The number of rotatable bonds is 4. The number of anilines is 2. The van der Waals surface area contributed by atoms with E-state index >= 15 is 0 Å². The molecule has 2 N–H and O–H groups in total. The van der Waals surface area contributed by atoms with Gasteiger partial charge in [0.1, 0.15) is 0 Å². The fourth-order valence-corrected chi connectivity index (χ4v) is 3.81. The number of carbonyl (C=O) groups is 1. The maximum Gasteiger partial charge on any atom is 0.416 e. The molecule has 1 amide bonds. The summed E-state index contributed by atoms with van der Waals surface area (Å²) in [5.74, 6) is -0.310. The Balaban J connectivity index is 1.55. The highest BCUT2D eigenvalue weighted by molar-refractivity contribution is 6.08. The molecule has 1 saturated heterocycles. The van der Waals surface area contributed by atoms with Gasteiger partial charge in [0.2, 0.25) is 0 Å². The summed E-state index contributed by atoms with van der Waals surface area (Å²) in [6.45, 7) is 5.64. The molecule has 32 heavy (non-hydrogen) atoms. The molecule has 1 heterocycles. The van der Waals surface area contributed by atoms with Crippen molar-refractivity contribution in [2.24, 2.45) is 0 Å². The third kappa shape index (κ3) is 4.94. The second-order valence-electron chi connectivity index (χ2n) is 7.86. The molecule has 7 heteroatoms. The largest absolute Gasteiger partial charge is 0.416 e. The number of carbonyl (C=O) groups excluding carboxylic acids is 1. The highest BCUT2D eigenvalue weighted by atomic mass is 19.4. The van der Waals surface area contributed by atoms with Crippen molar-refractivity contribution in [2.45, 2.75) is 13.1 Å². The van der Waals surface area contributed by atoms with Gasteiger partial charge in [-0.3, -0.25) is 4.79 Å². The number of nitrogens with one attached hydrogen (secondary N) is 2. The number of amides is 1. The summed E-state index contributed by atoms with van der Waals surface area (Å²) < 4.78 is 38.7. The normalized spacial score (nSPS) is 14.3. The van der Waals surface area contributed by atoms with Crippen LogP contribution in [0.4, 0.5) is 24.5 Å². The van der Waals surface area contributed by atoms with Crippen molar-refractivity contribution in [1.29, 1.82) is 0 Å². The molecule has 0 saturated carbocycles. The molecule has 3 aromatic rings. The Labute approximate surface area is 185 Å². The van der Waals surface area contributed by atoms with Gasteiger partial charge in [-0.2, -0.15) is 13.2 Å². The minimum Gasteiger partial charge on any atom is -0.369 e. The first-order valence-electron chi connectivity index (χ1n) is 10.5. The van der Waals surface area contributed by atoms with Crippen molar-refractivity contribution < 1.29 is 18.0 Å². The zero-order chi connectivity index (χ0) is 22.7. The van der Waals surface area contributed by atoms with Crippen LogP contribution in [0.25, 0.3) is 11.1 Å². The van der Waals surface area contributed by atoms with Crippen LogP contribution in [0.5, 0.6) is 0 Å². The average Bonchev–Trinajstić information content (AvgIpc) is 2.79. The van der Waals surface area contributed by atoms with Crippen LogP contribution in [-0.2, 0) is 6.18 Å². The van der Waals surface area contributed by atoms with Gasteiger partial charge >= 0.3 is 6.18 Å². The molecule has 0 spiro atoms. The van der Waals surface area contributed by atoms with E-state index in [1.807, 2.05) is 43.3 Å². The number of aryl methyl sites for hydroxylation is 1. The molecule has 0 aliphatic carbocycles. The van der Waals surface area contributed by atoms with Gasteiger partial charge in [-0.1, -0.05) is 29.8 Å². The summed E-state index contributed by atoms with van der Waals surface area (Å²) in [4.78, 5) is 15.3. The first kappa shape index (κ1) is 21.9. The fourth-order valence-electron chi connectivity index (χ4n) is 3.81. The van der Waals surface area contributed by atoms with Gasteiger partial charge in [-0.25, -0.2) is 0 Å². The lowest BCUT2D eigenvalue weighted by atomic mass is 9.96. The van der Waals surface area contributed by atoms with Crippen molar-refractivity contribution in [1.82, 2.24) is 5.32 Å². The van der Waals surface area contributed by atoms with Crippen LogP contribution >= 0.6 is 0 Å². The number of nitrogens with zero attached hydrogens (tertiary/aromatic N) is 1. The maximum absolute atomic E-state index is 13.0. The zero-order valence-corrected chi connectivity index (χ0v) is 17.7. The summed E-state index contributed by atoms with van der Waals surface area (Å²) in [6, 6.07) is 17.9. The molecule has 1 fully saturated rings. The Kier molecular flexibility index (Phi) is 6.19. The number of benzene rings is 3. The van der Waals surface area contributed by atoms with E-state index in [-0.39, 0.29) is 5.91 Å². The van der Waals surface area contributed by atoms with Crippen molar-refractivity contribution in [2.75, 3.05) is 36.4 Å². The molecule has 0 radical (unpaired) electrons. The average molecular weight is 439 g/mol. The van der Waals surface area contributed by atoms with Crippen LogP contribution in [-0.4, -0.2) is 32.1 Å². The lowest BCUT2D eigenvalue weighted by molar-refractivity contribution is -0.137. The summed E-state index contributed by atoms with van der Waals surface area (Å²) in [7, 11) is 0. The van der Waals surface area contributed by atoms with Crippen molar-refractivity contribution in [3.05, 3.63) is 83.4 Å². The summed E-state index contributed by atoms with van der Waals surface area (Å²) in [5.41, 5.74) is 3.51. The first-order valence-corrected chi connectivity index (χ1v) is 10.5. The fraction of sp³-hybridized carbons (Fsp3) is 0.240. The number of halogens is 3. The standard InChI is InChI=1S/C25H24F3N3O/c1-17-2-11-22(23(16-17)18-3-5-19(6-4-18)25(26,27)28)24(32)30-20-7-9-21(10-8-20)31-14-12-29-13-15-31/h2-11,16,29H,12-15H2,1H3,(H,30,32). The van der Waals surface area contributed by atoms with E-state index in [4.69, 9.17) is 0 Å². The predicted molar refractivity (Wildman–Crippen MR) is 121 cm³/mol. The monoisotopic (exact) mass is 439 g/mol. The second-order valence-corrected chi connectivity index (χ2v) is 7.86. The quantitative estimate of drug-likeness (QED) is 0.577. The zero-order valence-electron chi connectivity index (χ0n) is 17.7. The first-order chi connectivity index (χ1) is 15.3. The third-order valence-electron chi connectivity index (χ3n) is 5.55. The van der Waals surface area contributed by atoms with E-state index in [0.29, 0.717) is 22.4 Å². The topological polar surface area (TPSA) is 44.4 Å². The Morgan fingerprint density at radius 3 is 2.22 bits per heavy atom. The lowest BCUT2D eigenvalue weighted by Crippen LogP contribution is -2.43. The smallest absolute Gasteiger partial charge is 0.369 e. The van der Waals surface area contributed by atoms with Crippen LogP contribution < -0.4 is 15.5 Å². The minimum absolute atomic E-state index is 0.310. The van der Waals surface area contributed by atoms with E-state index < -0.39 is 11.7 Å². The van der Waals surface area contributed by atoms with Crippen molar-refractivity contribution >= 4 is 17.3 Å². The van der Waals surface area contributed by atoms with Gasteiger partial charge in [0.05, 0.1) is 5.56 Å². The van der Waals surface area contributed by atoms with Crippen LogP contribution in [0.2, 0.25) is 0 Å². The van der Waals surface area contributed by atoms with Gasteiger partial charge in [-0.15, -0.1) is 0 Å². The molecule has 4 rings (SSSR count). The Bertz CT molecular complexity index is 1090. The molecular weight excluding hydrogens is 415 g/mol. The summed E-state index contributed by atoms with van der Waals surface area (Å²) in [5, 5.41) is 6.22. The van der Waals surface area contributed by atoms with Crippen molar-refractivity contribution in [3.63, 3.8) is 0 Å². The molecule has 1 aliphatic heterocycles. The molecule has 0 atom stereocenters. The second kappa shape index (κ2) is 9.04. The number of hydrogen-bond acceptors (Lipinski definition) is 3. The molecular formula is C25H24F3N3O. The molecule has 3 aromatic carbocycles. The van der Waals surface area contributed by atoms with E-state index in [0.717, 1.165) is 49.6 Å². The van der Waals surface area contributed by atoms with Crippen LogP contribution in [0.15, 0.2) is 66.7 Å². The van der Waals surface area contributed by atoms with E-state index in [1.54, 1.807) is 6.07 Å². The van der Waals surface area contributed by atoms with Gasteiger partial charge in [-0.05, 0) is 60.5 Å². The predicted octanol–water partition coefficient (Wildman–Crippen LogP) is 5.34. The molecule has 0 aromatic heterocycles. The van der Waals surface area contributed by atoms with Crippen LogP contribution in [0.3, 0.4) is 0 Å². The van der Waals surface area contributed by atoms with Crippen LogP contribution in [0.1, 0.15) is 21.5 Å². The van der Waals surface area contributed by atoms with E-state index in [1.165, 1.54) is 12.1 Å². The van der Waals surface area contributed by atoms with E-state index in [9.17, 15) is 18.0 Å². The summed E-state index contributed by atoms with van der Waals surface area (Å²) in [6.07, 6.45) is -4.40. The van der Waals surface area contributed by atoms with Gasteiger partial charge < -0.3 is 15.5 Å². The van der Waals surface area contributed by atoms with Crippen LogP contribution in [0, 0.1) is 6.92 Å². The van der Waals surface area contributed by atoms with Gasteiger partial charge in [0.15, 0.2) is 0 Å². The molecule has 0 unspecified atom stereocenters. The highest BCUT2D eigenvalue weighted by Crippen LogP contribution is 2.32. The Morgan fingerprint density at radius 2 is 1.59 bits per heavy atom.